The van der Waals surface area contributed by atoms with Crippen LogP contribution in [-0.4, -0.2) is 23.0 Å². The van der Waals surface area contributed by atoms with Crippen molar-refractivity contribution in [3.63, 3.8) is 0 Å². The Hall–Kier alpha value is -0.570. The largest absolute Gasteiger partial charge is 0.288 e. The fourth-order valence-corrected chi connectivity index (χ4v) is 5.03. The van der Waals surface area contributed by atoms with E-state index in [1.54, 1.807) is 0 Å². The molecule has 1 aliphatic carbocycles. The van der Waals surface area contributed by atoms with Gasteiger partial charge in [-0.05, 0) is 19.3 Å². The Labute approximate surface area is 169 Å². The van der Waals surface area contributed by atoms with Crippen LogP contribution in [0.15, 0.2) is 0 Å². The van der Waals surface area contributed by atoms with Crippen LogP contribution in [0.5, 0.6) is 0 Å². The second-order valence-corrected chi connectivity index (χ2v) is 9.21. The maximum atomic E-state index is 12.2. The average Bonchev–Trinajstić information content (AvgIpc) is 2.98. The molecule has 3 heteroatoms. The van der Waals surface area contributed by atoms with Gasteiger partial charge in [-0.15, -0.1) is 0 Å². The molecule has 0 aromatic rings. The summed E-state index contributed by atoms with van der Waals surface area (Å²) in [5.74, 6) is 0.421. The van der Waals surface area contributed by atoms with E-state index in [-0.39, 0.29) is 11.8 Å². The van der Waals surface area contributed by atoms with Crippen molar-refractivity contribution in [3.05, 3.63) is 0 Å². The number of rotatable bonds is 14. The van der Waals surface area contributed by atoms with Gasteiger partial charge in [0.25, 0.3) is 0 Å². The Morgan fingerprint density at radius 2 is 1.33 bits per heavy atom. The summed E-state index contributed by atoms with van der Waals surface area (Å²) < 4.78 is 0. The van der Waals surface area contributed by atoms with Crippen molar-refractivity contribution < 1.29 is 4.79 Å². The number of nitrogens with one attached hydrogen (secondary N) is 1. The van der Waals surface area contributed by atoms with Crippen LogP contribution in [0.2, 0.25) is 0 Å². The molecular formula is C24H46N2O. The SMILES string of the molecule is CCCCCCCCCCCCCCC1C(C)C(=O)NN1C1CCCCC1. The zero-order valence-electron chi connectivity index (χ0n) is 18.3. The lowest BCUT2D eigenvalue weighted by atomic mass is 9.91. The molecule has 1 aliphatic heterocycles. The third kappa shape index (κ3) is 8.13. The molecule has 1 N–H and O–H groups in total. The molecule has 0 bridgehead atoms. The molecule has 2 fully saturated rings. The van der Waals surface area contributed by atoms with Crippen LogP contribution in [0, 0.1) is 5.92 Å². The Kier molecular flexibility index (Phi) is 11.4. The Balaban J connectivity index is 1.51. The number of hydrazine groups is 1. The number of unbranched alkanes of at least 4 members (excludes halogenated alkanes) is 11. The maximum Gasteiger partial charge on any atom is 0.238 e. The topological polar surface area (TPSA) is 32.3 Å². The summed E-state index contributed by atoms with van der Waals surface area (Å²) in [6.07, 6.45) is 24.5. The molecule has 3 nitrogen and oxygen atoms in total. The Morgan fingerprint density at radius 3 is 1.89 bits per heavy atom. The van der Waals surface area contributed by atoms with Crippen LogP contribution >= 0.6 is 0 Å². The lowest BCUT2D eigenvalue weighted by Gasteiger charge is -2.35. The minimum absolute atomic E-state index is 0.166. The zero-order chi connectivity index (χ0) is 19.3. The summed E-state index contributed by atoms with van der Waals surface area (Å²) in [7, 11) is 0. The van der Waals surface area contributed by atoms with E-state index < -0.39 is 0 Å². The van der Waals surface area contributed by atoms with Crippen LogP contribution in [0.25, 0.3) is 0 Å². The first-order valence-electron chi connectivity index (χ1n) is 12.3. The molecule has 1 saturated carbocycles. The highest BCUT2D eigenvalue weighted by atomic mass is 16.2. The van der Waals surface area contributed by atoms with Gasteiger partial charge in [-0.3, -0.25) is 10.2 Å². The molecule has 158 valence electrons. The fraction of sp³-hybridized carbons (Fsp3) is 0.958. The molecule has 27 heavy (non-hydrogen) atoms. The van der Waals surface area contributed by atoms with Gasteiger partial charge in [-0.1, -0.05) is 110 Å². The highest BCUT2D eigenvalue weighted by Crippen LogP contribution is 2.30. The van der Waals surface area contributed by atoms with Crippen molar-refractivity contribution in [2.24, 2.45) is 5.92 Å². The van der Waals surface area contributed by atoms with E-state index in [0.717, 1.165) is 0 Å². The van der Waals surface area contributed by atoms with Crippen molar-refractivity contribution in [2.45, 2.75) is 142 Å². The highest BCUT2D eigenvalue weighted by molar-refractivity contribution is 5.80. The van der Waals surface area contributed by atoms with E-state index in [9.17, 15) is 4.79 Å². The van der Waals surface area contributed by atoms with Gasteiger partial charge in [0.05, 0.1) is 5.92 Å². The molecule has 0 aromatic heterocycles. The van der Waals surface area contributed by atoms with Crippen LogP contribution < -0.4 is 5.43 Å². The van der Waals surface area contributed by atoms with E-state index in [4.69, 9.17) is 0 Å². The van der Waals surface area contributed by atoms with Crippen molar-refractivity contribution >= 4 is 5.91 Å². The predicted octanol–water partition coefficient (Wildman–Crippen LogP) is 6.76. The zero-order valence-corrected chi connectivity index (χ0v) is 18.3. The fourth-order valence-electron chi connectivity index (χ4n) is 5.03. The van der Waals surface area contributed by atoms with Gasteiger partial charge in [0.15, 0.2) is 0 Å². The number of nitrogens with zero attached hydrogens (tertiary/aromatic N) is 1. The molecular weight excluding hydrogens is 332 g/mol. The summed E-state index contributed by atoms with van der Waals surface area (Å²) >= 11 is 0. The summed E-state index contributed by atoms with van der Waals surface area (Å²) in [6, 6.07) is 1.03. The Morgan fingerprint density at radius 1 is 0.815 bits per heavy atom. The molecule has 1 amide bonds. The van der Waals surface area contributed by atoms with Gasteiger partial charge in [-0.2, -0.15) is 0 Å². The third-order valence-electron chi connectivity index (χ3n) is 6.91. The molecule has 0 radical (unpaired) electrons. The molecule has 0 aromatic carbocycles. The first kappa shape index (κ1) is 22.7. The number of carbonyl (C=O) groups is 1. The average molecular weight is 379 g/mol. The van der Waals surface area contributed by atoms with Gasteiger partial charge in [0.2, 0.25) is 5.91 Å². The first-order valence-corrected chi connectivity index (χ1v) is 12.3. The van der Waals surface area contributed by atoms with Crippen LogP contribution in [-0.2, 0) is 4.79 Å². The number of amides is 1. The summed E-state index contributed by atoms with van der Waals surface area (Å²) in [5.41, 5.74) is 3.21. The summed E-state index contributed by atoms with van der Waals surface area (Å²) in [5, 5.41) is 2.37. The van der Waals surface area contributed by atoms with Gasteiger partial charge in [-0.25, -0.2) is 5.01 Å². The Bertz CT molecular complexity index is 392. The smallest absolute Gasteiger partial charge is 0.238 e. The number of carbonyl (C=O) groups excluding carboxylic acids is 1. The van der Waals surface area contributed by atoms with Crippen molar-refractivity contribution in [3.8, 4) is 0 Å². The van der Waals surface area contributed by atoms with E-state index in [1.165, 1.54) is 116 Å². The maximum absolute atomic E-state index is 12.2. The molecule has 1 heterocycles. The minimum atomic E-state index is 0.166. The van der Waals surface area contributed by atoms with Crippen LogP contribution in [0.1, 0.15) is 129 Å². The van der Waals surface area contributed by atoms with E-state index in [2.05, 4.69) is 24.3 Å². The molecule has 2 aliphatic rings. The summed E-state index contributed by atoms with van der Waals surface area (Å²) in [4.78, 5) is 12.2. The van der Waals surface area contributed by atoms with Crippen molar-refractivity contribution in [1.29, 1.82) is 0 Å². The van der Waals surface area contributed by atoms with E-state index in [0.29, 0.717) is 12.1 Å². The van der Waals surface area contributed by atoms with Crippen LogP contribution in [0.3, 0.4) is 0 Å². The molecule has 1 saturated heterocycles. The van der Waals surface area contributed by atoms with Gasteiger partial charge >= 0.3 is 0 Å². The normalized spacial score (nSPS) is 24.4. The first-order chi connectivity index (χ1) is 13.2. The molecule has 2 unspecified atom stereocenters. The van der Waals surface area contributed by atoms with Gasteiger partial charge in [0.1, 0.15) is 0 Å². The van der Waals surface area contributed by atoms with Crippen molar-refractivity contribution in [2.75, 3.05) is 0 Å². The third-order valence-corrected chi connectivity index (χ3v) is 6.91. The molecule has 0 spiro atoms. The summed E-state index contributed by atoms with van der Waals surface area (Å²) in [6.45, 7) is 4.42. The standard InChI is InChI=1S/C24H46N2O/c1-3-4-5-6-7-8-9-10-11-12-13-17-20-23-21(2)24(27)25-26(23)22-18-15-14-16-19-22/h21-23H,3-20H2,1-2H3,(H,25,27). The van der Waals surface area contributed by atoms with E-state index >= 15 is 0 Å². The van der Waals surface area contributed by atoms with Crippen LogP contribution in [0.4, 0.5) is 0 Å². The lowest BCUT2D eigenvalue weighted by Crippen LogP contribution is -2.47. The molecule has 2 atom stereocenters. The van der Waals surface area contributed by atoms with Crippen molar-refractivity contribution in [1.82, 2.24) is 10.4 Å². The highest BCUT2D eigenvalue weighted by Gasteiger charge is 2.40. The quantitative estimate of drug-likeness (QED) is 0.339. The number of hydrogen-bond acceptors (Lipinski definition) is 2. The minimum Gasteiger partial charge on any atom is -0.288 e. The van der Waals surface area contributed by atoms with E-state index in [1.807, 2.05) is 0 Å². The monoisotopic (exact) mass is 378 g/mol. The lowest BCUT2D eigenvalue weighted by molar-refractivity contribution is -0.123. The predicted molar refractivity (Wildman–Crippen MR) is 116 cm³/mol. The second kappa shape index (κ2) is 13.6. The van der Waals surface area contributed by atoms with Gasteiger partial charge < -0.3 is 0 Å². The molecule has 2 rings (SSSR count). The second-order valence-electron chi connectivity index (χ2n) is 9.21. The van der Waals surface area contributed by atoms with Gasteiger partial charge in [0, 0.05) is 12.1 Å². The number of hydrogen-bond donors (Lipinski definition) is 1.